The lowest BCUT2D eigenvalue weighted by Crippen LogP contribution is -2.06. The van der Waals surface area contributed by atoms with Crippen LogP contribution in [0.15, 0.2) is 66.5 Å². The first-order valence-corrected chi connectivity index (χ1v) is 9.80. The van der Waals surface area contributed by atoms with Gasteiger partial charge in [0.15, 0.2) is 11.5 Å². The van der Waals surface area contributed by atoms with Gasteiger partial charge in [-0.3, -0.25) is 9.78 Å². The first-order valence-electron chi connectivity index (χ1n) is 9.80. The molecule has 5 heteroatoms. The van der Waals surface area contributed by atoms with Crippen LogP contribution < -0.4 is 19.7 Å². The van der Waals surface area contributed by atoms with E-state index in [0.29, 0.717) is 17.9 Å². The molecule has 0 aliphatic carbocycles. The molecule has 2 aromatic rings. The number of rotatable bonds is 10. The van der Waals surface area contributed by atoms with Crippen LogP contribution in [-0.2, 0) is 11.3 Å². The molecule has 30 heavy (non-hydrogen) atoms. The number of nitrogens with one attached hydrogen (secondary N) is 1. The molecule has 0 saturated heterocycles. The van der Waals surface area contributed by atoms with Crippen molar-refractivity contribution < 1.29 is 19.2 Å². The van der Waals surface area contributed by atoms with Gasteiger partial charge in [0.1, 0.15) is 11.5 Å². The van der Waals surface area contributed by atoms with Gasteiger partial charge in [0.05, 0.1) is 14.2 Å². The van der Waals surface area contributed by atoms with E-state index in [1.54, 1.807) is 26.4 Å². The van der Waals surface area contributed by atoms with Crippen molar-refractivity contribution in [2.75, 3.05) is 26.6 Å². The molecule has 160 valence electrons. The fraction of sp³-hybridized carbons (Fsp3) is 0.280. The Morgan fingerprint density at radius 1 is 1.03 bits per heavy atom. The number of allylic oxidation sites excluding steroid dienone is 4. The largest absolute Gasteiger partial charge is 0.497 e. The van der Waals surface area contributed by atoms with Crippen LogP contribution in [0.5, 0.6) is 17.2 Å². The molecule has 5 nitrogen and oxygen atoms in total. The molecule has 0 heterocycles. The molecule has 2 rings (SSSR count). The van der Waals surface area contributed by atoms with Gasteiger partial charge in [0, 0.05) is 36.9 Å². The third-order valence-corrected chi connectivity index (χ3v) is 4.86. The number of aryl methyl sites for hydroxylation is 2. The van der Waals surface area contributed by atoms with E-state index < -0.39 is 0 Å². The van der Waals surface area contributed by atoms with Gasteiger partial charge in [-0.05, 0) is 55.7 Å². The number of hydrogen-bond acceptors (Lipinski definition) is 5. The Morgan fingerprint density at radius 3 is 2.40 bits per heavy atom. The zero-order chi connectivity index (χ0) is 22.1. The Kier molecular flexibility index (Phi) is 8.41. The van der Waals surface area contributed by atoms with Crippen LogP contribution in [0.1, 0.15) is 23.6 Å². The number of anilines is 1. The molecule has 0 bridgehead atoms. The minimum absolute atomic E-state index is 0.582. The number of methoxy groups -OCH3 is 2. The predicted molar refractivity (Wildman–Crippen MR) is 122 cm³/mol. The Balaban J connectivity index is 2.29. The zero-order valence-corrected chi connectivity index (χ0v) is 18.7. The molecule has 1 N–H and O–H groups in total. The molecule has 0 aliphatic rings. The molecule has 0 unspecified atom stereocenters. The lowest BCUT2D eigenvalue weighted by molar-refractivity contribution is -0.163. The van der Waals surface area contributed by atoms with Crippen LogP contribution in [-0.4, -0.2) is 21.3 Å². The summed E-state index contributed by atoms with van der Waals surface area (Å²) < 4.78 is 11.0. The van der Waals surface area contributed by atoms with E-state index in [-0.39, 0.29) is 0 Å². The van der Waals surface area contributed by atoms with E-state index in [2.05, 4.69) is 11.9 Å². The van der Waals surface area contributed by atoms with Gasteiger partial charge in [0.2, 0.25) is 0 Å². The molecule has 0 fully saturated rings. The third-order valence-electron chi connectivity index (χ3n) is 4.86. The van der Waals surface area contributed by atoms with E-state index in [9.17, 15) is 0 Å². The monoisotopic (exact) mass is 409 g/mol. The lowest BCUT2D eigenvalue weighted by Gasteiger charge is -2.17. The van der Waals surface area contributed by atoms with Crippen molar-refractivity contribution in [2.45, 2.75) is 27.2 Å². The molecule has 2 aromatic carbocycles. The third kappa shape index (κ3) is 5.60. The van der Waals surface area contributed by atoms with Crippen molar-refractivity contribution in [1.82, 2.24) is 0 Å². The average Bonchev–Trinajstić information content (AvgIpc) is 2.76. The highest BCUT2D eigenvalue weighted by molar-refractivity contribution is 5.51. The van der Waals surface area contributed by atoms with E-state index in [0.717, 1.165) is 39.4 Å². The highest BCUT2D eigenvalue weighted by Gasteiger charge is 2.16. The molecule has 0 saturated carbocycles. The van der Waals surface area contributed by atoms with Crippen LogP contribution in [0.3, 0.4) is 0 Å². The topological polar surface area (TPSA) is 49.0 Å². The first kappa shape index (κ1) is 22.9. The molecule has 0 aromatic heterocycles. The Hall–Kier alpha value is -3.34. The minimum atomic E-state index is 0.582. The molecule has 0 spiro atoms. The average molecular weight is 410 g/mol. The highest BCUT2D eigenvalue weighted by Crippen LogP contribution is 2.32. The minimum Gasteiger partial charge on any atom is -0.497 e. The Labute approximate surface area is 179 Å². The van der Waals surface area contributed by atoms with E-state index in [1.807, 2.05) is 64.2 Å². The number of hydrogen-bond donors (Lipinski definition) is 1. The molecule has 0 radical (unpaired) electrons. The van der Waals surface area contributed by atoms with Crippen molar-refractivity contribution in [3.63, 3.8) is 0 Å². The van der Waals surface area contributed by atoms with E-state index >= 15 is 0 Å². The normalized spacial score (nSPS) is 11.7. The second-order valence-corrected chi connectivity index (χ2v) is 6.78. The summed E-state index contributed by atoms with van der Waals surface area (Å²) in [4.78, 5) is 11.5. The second-order valence-electron chi connectivity index (χ2n) is 6.78. The van der Waals surface area contributed by atoms with Gasteiger partial charge in [-0.1, -0.05) is 24.8 Å². The molecular formula is C25H31NO4. The fourth-order valence-corrected chi connectivity index (χ4v) is 3.03. The summed E-state index contributed by atoms with van der Waals surface area (Å²) in [6, 6.07) is 9.73. The first-order chi connectivity index (χ1) is 14.5. The summed E-state index contributed by atoms with van der Waals surface area (Å²) in [5.74, 6) is 2.75. The van der Waals surface area contributed by atoms with Gasteiger partial charge in [0.25, 0.3) is 0 Å². The van der Waals surface area contributed by atoms with Gasteiger partial charge in [-0.25, -0.2) is 0 Å². The van der Waals surface area contributed by atoms with Crippen molar-refractivity contribution in [3.05, 3.63) is 83.2 Å². The maximum Gasteiger partial charge on any atom is 0.183 e. The number of benzene rings is 2. The van der Waals surface area contributed by atoms with E-state index in [4.69, 9.17) is 19.2 Å². The summed E-state index contributed by atoms with van der Waals surface area (Å²) in [5, 5.41) is 3.10. The molecular weight excluding hydrogens is 378 g/mol. The second kappa shape index (κ2) is 11.0. The van der Waals surface area contributed by atoms with E-state index in [1.165, 1.54) is 0 Å². The smallest absolute Gasteiger partial charge is 0.183 e. The van der Waals surface area contributed by atoms with Crippen molar-refractivity contribution >= 4 is 5.69 Å². The molecule has 0 atom stereocenters. The van der Waals surface area contributed by atoms with Crippen LogP contribution in [0.4, 0.5) is 5.69 Å². The zero-order valence-electron chi connectivity index (χ0n) is 18.7. The van der Waals surface area contributed by atoms with Gasteiger partial charge in [-0.15, -0.1) is 0 Å². The van der Waals surface area contributed by atoms with Crippen LogP contribution in [0.2, 0.25) is 0 Å². The van der Waals surface area contributed by atoms with Crippen LogP contribution in [0, 0.1) is 13.8 Å². The standard InChI is InChI=1S/C25H31NO4/c1-8-10-23(29-30-24-15-20(26-5)12-11-17(24)3)19(9-2)14-22-18(4)13-21(27-6)16-25(22)28-7/h8-13,15-16,26H,1,14H2,2-7H3/b19-9?,23-10-. The van der Waals surface area contributed by atoms with Gasteiger partial charge >= 0.3 is 0 Å². The maximum absolute atomic E-state index is 5.76. The summed E-state index contributed by atoms with van der Waals surface area (Å²) in [7, 11) is 5.16. The lowest BCUT2D eigenvalue weighted by atomic mass is 9.97. The van der Waals surface area contributed by atoms with Crippen molar-refractivity contribution in [1.29, 1.82) is 0 Å². The fourth-order valence-electron chi connectivity index (χ4n) is 3.03. The molecule has 0 amide bonds. The summed E-state index contributed by atoms with van der Waals surface area (Å²) in [6.45, 7) is 9.78. The maximum atomic E-state index is 5.76. The van der Waals surface area contributed by atoms with Crippen LogP contribution >= 0.6 is 0 Å². The Bertz CT molecular complexity index is 944. The van der Waals surface area contributed by atoms with Gasteiger partial charge < -0.3 is 14.8 Å². The van der Waals surface area contributed by atoms with Gasteiger partial charge in [-0.2, -0.15) is 0 Å². The number of ether oxygens (including phenoxy) is 2. The SMILES string of the molecule is C=C/C=C(\OOc1cc(NC)ccc1C)C(=CC)Cc1c(C)cc(OC)cc1OC. The molecule has 0 aliphatic heterocycles. The van der Waals surface area contributed by atoms with Crippen molar-refractivity contribution in [2.24, 2.45) is 0 Å². The Morgan fingerprint density at radius 2 is 1.80 bits per heavy atom. The summed E-state index contributed by atoms with van der Waals surface area (Å²) >= 11 is 0. The summed E-state index contributed by atoms with van der Waals surface area (Å²) in [5.41, 5.74) is 4.99. The quantitative estimate of drug-likeness (QED) is 0.228. The van der Waals surface area contributed by atoms with Crippen LogP contribution in [0.25, 0.3) is 0 Å². The highest BCUT2D eigenvalue weighted by atomic mass is 17.2. The summed E-state index contributed by atoms with van der Waals surface area (Å²) in [6.07, 6.45) is 6.07. The predicted octanol–water partition coefficient (Wildman–Crippen LogP) is 5.93. The van der Waals surface area contributed by atoms with Crippen molar-refractivity contribution in [3.8, 4) is 17.2 Å².